The summed E-state index contributed by atoms with van der Waals surface area (Å²) in [5.41, 5.74) is 3.09. The van der Waals surface area contributed by atoms with Gasteiger partial charge >= 0.3 is 0 Å². The number of fused-ring (bicyclic) bond motifs is 1. The third-order valence-corrected chi connectivity index (χ3v) is 13.0. The summed E-state index contributed by atoms with van der Waals surface area (Å²) in [6.45, 7) is 6.24. The Balaban J connectivity index is 1.18. The number of rotatable bonds is 6. The number of hydrogen-bond donors (Lipinski definition) is 1. The predicted octanol–water partition coefficient (Wildman–Crippen LogP) is 6.75. The van der Waals surface area contributed by atoms with Gasteiger partial charge in [-0.25, -0.2) is 0 Å². The Morgan fingerprint density at radius 3 is 2.47 bits per heavy atom. The molecule has 0 spiro atoms. The SMILES string of the molecule is COC1=C(O)CC2=C(CCN(CC3SC4CCCCC4C3Cl)C2C2CCC(CN3CCCC3)CC2)C1. The van der Waals surface area contributed by atoms with Gasteiger partial charge < -0.3 is 14.7 Å². The molecule has 2 saturated heterocycles. The molecule has 0 radical (unpaired) electrons. The first-order chi connectivity index (χ1) is 17.6. The van der Waals surface area contributed by atoms with Gasteiger partial charge in [0.05, 0.1) is 12.5 Å². The van der Waals surface area contributed by atoms with Gasteiger partial charge in [0, 0.05) is 49.0 Å². The highest BCUT2D eigenvalue weighted by molar-refractivity contribution is 8.01. The van der Waals surface area contributed by atoms with Crippen LogP contribution in [0.4, 0.5) is 0 Å². The van der Waals surface area contributed by atoms with Crippen molar-refractivity contribution >= 4 is 23.4 Å². The number of likely N-dealkylation sites (tertiary alicyclic amines) is 1. The van der Waals surface area contributed by atoms with Crippen molar-refractivity contribution in [2.45, 2.75) is 105 Å². The lowest BCUT2D eigenvalue weighted by atomic mass is 9.71. The van der Waals surface area contributed by atoms with Crippen LogP contribution >= 0.6 is 23.4 Å². The van der Waals surface area contributed by atoms with E-state index in [9.17, 15) is 5.11 Å². The molecule has 5 atom stereocenters. The highest BCUT2D eigenvalue weighted by atomic mass is 35.5. The summed E-state index contributed by atoms with van der Waals surface area (Å²) in [5, 5.41) is 12.5. The number of allylic oxidation sites excluding steroid dienone is 2. The first-order valence-corrected chi connectivity index (χ1v) is 16.4. The number of ether oxygens (including phenoxy) is 1. The highest BCUT2D eigenvalue weighted by Gasteiger charge is 2.46. The zero-order valence-electron chi connectivity index (χ0n) is 22.3. The minimum atomic E-state index is 0.326. The van der Waals surface area contributed by atoms with Gasteiger partial charge in [-0.05, 0) is 94.2 Å². The van der Waals surface area contributed by atoms with E-state index < -0.39 is 0 Å². The van der Waals surface area contributed by atoms with E-state index in [4.69, 9.17) is 16.3 Å². The van der Waals surface area contributed by atoms with Gasteiger partial charge in [0.15, 0.2) is 0 Å². The second-order valence-electron chi connectivity index (χ2n) is 12.6. The maximum Gasteiger partial charge on any atom is 0.137 e. The van der Waals surface area contributed by atoms with Crippen LogP contribution in [0.3, 0.4) is 0 Å². The fraction of sp³-hybridized carbons (Fsp3) is 0.867. The second kappa shape index (κ2) is 11.4. The van der Waals surface area contributed by atoms with E-state index >= 15 is 0 Å². The van der Waals surface area contributed by atoms with Crippen molar-refractivity contribution in [3.8, 4) is 0 Å². The maximum absolute atomic E-state index is 10.8. The quantitative estimate of drug-likeness (QED) is 0.301. The zero-order chi connectivity index (χ0) is 24.6. The van der Waals surface area contributed by atoms with Crippen molar-refractivity contribution in [2.75, 3.05) is 39.8 Å². The van der Waals surface area contributed by atoms with Gasteiger partial charge in [-0.1, -0.05) is 18.4 Å². The molecule has 3 heterocycles. The number of nitrogens with zero attached hydrogens (tertiary/aromatic N) is 2. The molecule has 2 saturated carbocycles. The predicted molar refractivity (Wildman–Crippen MR) is 151 cm³/mol. The average Bonchev–Trinajstić information content (AvgIpc) is 3.52. The Hall–Kier alpha value is -0.360. The molecule has 6 heteroatoms. The molecule has 0 aromatic rings. The summed E-state index contributed by atoms with van der Waals surface area (Å²) < 4.78 is 5.57. The molecule has 6 aliphatic rings. The van der Waals surface area contributed by atoms with Crippen LogP contribution in [0.1, 0.15) is 83.5 Å². The summed E-state index contributed by atoms with van der Waals surface area (Å²) in [6, 6.07) is 0.481. The number of thioether (sulfide) groups is 1. The van der Waals surface area contributed by atoms with Gasteiger partial charge in [0.1, 0.15) is 11.5 Å². The lowest BCUT2D eigenvalue weighted by Gasteiger charge is -2.47. The fourth-order valence-corrected chi connectivity index (χ4v) is 11.2. The van der Waals surface area contributed by atoms with Crippen molar-refractivity contribution in [3.05, 3.63) is 22.7 Å². The largest absolute Gasteiger partial charge is 0.508 e. The van der Waals surface area contributed by atoms with E-state index in [1.54, 1.807) is 12.7 Å². The molecule has 3 aliphatic carbocycles. The van der Waals surface area contributed by atoms with Gasteiger partial charge in [-0.3, -0.25) is 4.90 Å². The Bertz CT molecular complexity index is 848. The molecule has 6 rings (SSSR count). The molecule has 4 nitrogen and oxygen atoms in total. The van der Waals surface area contributed by atoms with Gasteiger partial charge in [0.25, 0.3) is 0 Å². The van der Waals surface area contributed by atoms with Crippen LogP contribution in [-0.2, 0) is 4.74 Å². The van der Waals surface area contributed by atoms with Gasteiger partial charge in [-0.15, -0.1) is 11.6 Å². The summed E-state index contributed by atoms with van der Waals surface area (Å²) >= 11 is 9.40. The zero-order valence-corrected chi connectivity index (χ0v) is 23.9. The van der Waals surface area contributed by atoms with E-state index in [1.807, 2.05) is 0 Å². The van der Waals surface area contributed by atoms with Crippen LogP contribution in [0, 0.1) is 17.8 Å². The Kier molecular flexibility index (Phi) is 8.20. The third-order valence-electron chi connectivity index (χ3n) is 10.5. The van der Waals surface area contributed by atoms with Crippen molar-refractivity contribution < 1.29 is 9.84 Å². The van der Waals surface area contributed by atoms with Crippen LogP contribution in [0.25, 0.3) is 0 Å². The fourth-order valence-electron chi connectivity index (χ4n) is 8.62. The number of hydrogen-bond acceptors (Lipinski definition) is 5. The molecule has 5 unspecified atom stereocenters. The van der Waals surface area contributed by atoms with E-state index in [1.165, 1.54) is 89.4 Å². The Morgan fingerprint density at radius 1 is 0.944 bits per heavy atom. The smallest absolute Gasteiger partial charge is 0.137 e. The number of alkyl halides is 1. The molecule has 0 aromatic carbocycles. The number of methoxy groups -OCH3 is 1. The van der Waals surface area contributed by atoms with Crippen molar-refractivity contribution in [1.29, 1.82) is 0 Å². The topological polar surface area (TPSA) is 35.9 Å². The number of aliphatic hydroxyl groups excluding tert-OH is 1. The Labute approximate surface area is 228 Å². The van der Waals surface area contributed by atoms with Crippen LogP contribution < -0.4 is 0 Å². The number of aliphatic hydroxyl groups is 1. The molecular formula is C30H47ClN2O2S. The van der Waals surface area contributed by atoms with Crippen molar-refractivity contribution in [1.82, 2.24) is 9.80 Å². The van der Waals surface area contributed by atoms with Gasteiger partial charge in [-0.2, -0.15) is 11.8 Å². The molecule has 0 aromatic heterocycles. The van der Waals surface area contributed by atoms with Crippen LogP contribution in [0.5, 0.6) is 0 Å². The normalized spacial score (nSPS) is 40.4. The van der Waals surface area contributed by atoms with Crippen LogP contribution in [0.2, 0.25) is 0 Å². The van der Waals surface area contributed by atoms with Crippen LogP contribution in [0.15, 0.2) is 22.7 Å². The molecule has 0 bridgehead atoms. The molecule has 4 fully saturated rings. The van der Waals surface area contributed by atoms with Crippen molar-refractivity contribution in [2.24, 2.45) is 17.8 Å². The van der Waals surface area contributed by atoms with Crippen molar-refractivity contribution in [3.63, 3.8) is 0 Å². The van der Waals surface area contributed by atoms with E-state index in [0.29, 0.717) is 34.8 Å². The summed E-state index contributed by atoms with van der Waals surface area (Å²) in [7, 11) is 1.71. The molecular weight excluding hydrogens is 488 g/mol. The van der Waals surface area contributed by atoms with Crippen LogP contribution in [-0.4, -0.2) is 76.7 Å². The molecule has 3 aliphatic heterocycles. The monoisotopic (exact) mass is 534 g/mol. The second-order valence-corrected chi connectivity index (χ2v) is 14.6. The van der Waals surface area contributed by atoms with E-state index in [0.717, 1.165) is 48.8 Å². The first kappa shape index (κ1) is 25.9. The highest BCUT2D eigenvalue weighted by Crippen LogP contribution is 2.50. The lowest BCUT2D eigenvalue weighted by molar-refractivity contribution is 0.103. The minimum Gasteiger partial charge on any atom is -0.508 e. The van der Waals surface area contributed by atoms with E-state index in [-0.39, 0.29) is 0 Å². The Morgan fingerprint density at radius 2 is 1.72 bits per heavy atom. The molecule has 0 amide bonds. The summed E-state index contributed by atoms with van der Waals surface area (Å²) in [6.07, 6.45) is 16.3. The molecule has 1 N–H and O–H groups in total. The van der Waals surface area contributed by atoms with Gasteiger partial charge in [0.2, 0.25) is 0 Å². The summed E-state index contributed by atoms with van der Waals surface area (Å²) in [5.74, 6) is 3.59. The summed E-state index contributed by atoms with van der Waals surface area (Å²) in [4.78, 5) is 5.55. The average molecular weight is 535 g/mol. The third kappa shape index (κ3) is 5.25. The first-order valence-electron chi connectivity index (χ1n) is 15.0. The van der Waals surface area contributed by atoms with E-state index in [2.05, 4.69) is 21.6 Å². The maximum atomic E-state index is 10.8. The standard InChI is InChI=1S/C30H47ClN2O2S/c1-35-26-16-22-12-15-33(19-28-29(31)23-6-2-3-7-27(23)36-28)30(24(22)17-25(26)34)21-10-8-20(9-11-21)18-32-13-4-5-14-32/h20-21,23,27-30,34H,2-19H2,1H3. The molecule has 36 heavy (non-hydrogen) atoms. The molecule has 202 valence electrons. The minimum absolute atomic E-state index is 0.326. The number of halogens is 1. The lowest BCUT2D eigenvalue weighted by Crippen LogP contribution is -2.50.